The maximum absolute atomic E-state index is 12.5. The number of Topliss-reactive ketones (excluding diaryl/α,β-unsaturated/α-hetero) is 1. The van der Waals surface area contributed by atoms with E-state index in [1.54, 1.807) is 0 Å². The van der Waals surface area contributed by atoms with Crippen molar-refractivity contribution in [1.82, 2.24) is 0 Å². The lowest BCUT2D eigenvalue weighted by molar-refractivity contribution is 0.0945. The van der Waals surface area contributed by atoms with Crippen LogP contribution in [0.5, 0.6) is 0 Å². The number of ketones is 1. The van der Waals surface area contributed by atoms with Crippen LogP contribution in [-0.2, 0) is 0 Å². The molecule has 1 aromatic carbocycles. The highest BCUT2D eigenvalue weighted by Gasteiger charge is 2.67. The normalized spacial score (nSPS) is 21.3. The van der Waals surface area contributed by atoms with E-state index in [1.807, 2.05) is 26.0 Å². The van der Waals surface area contributed by atoms with Gasteiger partial charge in [0.25, 0.3) is 0 Å². The Morgan fingerprint density at radius 1 is 0.941 bits per heavy atom. The molecule has 0 spiro atoms. The summed E-state index contributed by atoms with van der Waals surface area (Å²) in [6, 6.07) is 6.14. The smallest absolute Gasteiger partial charge is 0.167 e. The third kappa shape index (κ3) is 1.72. The van der Waals surface area contributed by atoms with E-state index in [0.29, 0.717) is 5.78 Å². The molecule has 2 rings (SSSR count). The molecule has 17 heavy (non-hydrogen) atoms. The Morgan fingerprint density at radius 3 is 1.71 bits per heavy atom. The Morgan fingerprint density at radius 2 is 1.35 bits per heavy atom. The van der Waals surface area contributed by atoms with Gasteiger partial charge in [-0.2, -0.15) is 0 Å². The van der Waals surface area contributed by atoms with Gasteiger partial charge in [-0.3, -0.25) is 4.79 Å². The minimum atomic E-state index is 0.127. The van der Waals surface area contributed by atoms with Gasteiger partial charge in [0, 0.05) is 11.5 Å². The van der Waals surface area contributed by atoms with Crippen molar-refractivity contribution in [3.63, 3.8) is 0 Å². The molecular formula is C16H22O. The van der Waals surface area contributed by atoms with Crippen LogP contribution in [0.1, 0.15) is 49.2 Å². The molecule has 1 aliphatic carbocycles. The number of hydrogen-bond donors (Lipinski definition) is 0. The monoisotopic (exact) mass is 230 g/mol. The molecule has 92 valence electrons. The number of rotatable bonds is 2. The van der Waals surface area contributed by atoms with Crippen molar-refractivity contribution in [3.8, 4) is 0 Å². The molecule has 0 bridgehead atoms. The van der Waals surface area contributed by atoms with Crippen LogP contribution in [0.2, 0.25) is 0 Å². The second kappa shape index (κ2) is 3.44. The molecule has 0 radical (unpaired) electrons. The summed E-state index contributed by atoms with van der Waals surface area (Å²) in [4.78, 5) is 12.5. The van der Waals surface area contributed by atoms with Gasteiger partial charge in [-0.1, -0.05) is 44.9 Å². The highest BCUT2D eigenvalue weighted by molar-refractivity contribution is 6.01. The van der Waals surface area contributed by atoms with E-state index in [-0.39, 0.29) is 16.7 Å². The summed E-state index contributed by atoms with van der Waals surface area (Å²) in [5.74, 6) is 0.475. The zero-order chi connectivity index (χ0) is 13.0. The lowest BCUT2D eigenvalue weighted by Gasteiger charge is -2.05. The van der Waals surface area contributed by atoms with Gasteiger partial charge in [0.1, 0.15) is 0 Å². The minimum Gasteiger partial charge on any atom is -0.294 e. The first-order valence-electron chi connectivity index (χ1n) is 6.30. The second-order valence-electron chi connectivity index (χ2n) is 6.62. The average molecular weight is 230 g/mol. The van der Waals surface area contributed by atoms with Gasteiger partial charge in [-0.15, -0.1) is 0 Å². The zero-order valence-corrected chi connectivity index (χ0v) is 11.7. The summed E-state index contributed by atoms with van der Waals surface area (Å²) < 4.78 is 0. The van der Waals surface area contributed by atoms with Crippen molar-refractivity contribution in [2.75, 3.05) is 0 Å². The Kier molecular flexibility index (Phi) is 2.50. The van der Waals surface area contributed by atoms with E-state index in [4.69, 9.17) is 0 Å². The molecule has 0 aromatic heterocycles. The standard InChI is InChI=1S/C16H22O/c1-10-7-11(2)9-12(8-10)13(17)14-15(3,4)16(14,5)6/h7-9,14H,1-6H3. The van der Waals surface area contributed by atoms with E-state index in [2.05, 4.69) is 33.8 Å². The summed E-state index contributed by atoms with van der Waals surface area (Å²) in [6.07, 6.45) is 0. The molecule has 1 saturated carbocycles. The van der Waals surface area contributed by atoms with Gasteiger partial charge < -0.3 is 0 Å². The molecular weight excluding hydrogens is 208 g/mol. The summed E-state index contributed by atoms with van der Waals surface area (Å²) in [5, 5.41) is 0. The molecule has 0 aliphatic heterocycles. The first-order valence-corrected chi connectivity index (χ1v) is 6.30. The minimum absolute atomic E-state index is 0.127. The fourth-order valence-corrected chi connectivity index (χ4v) is 3.14. The molecule has 1 aliphatic rings. The third-order valence-electron chi connectivity index (χ3n) is 4.79. The van der Waals surface area contributed by atoms with E-state index in [0.717, 1.165) is 5.56 Å². The third-order valence-corrected chi connectivity index (χ3v) is 4.79. The molecule has 0 amide bonds. The maximum atomic E-state index is 12.5. The number of carbonyl (C=O) groups is 1. The van der Waals surface area contributed by atoms with Gasteiger partial charge in [-0.05, 0) is 36.8 Å². The van der Waals surface area contributed by atoms with Crippen molar-refractivity contribution in [1.29, 1.82) is 0 Å². The van der Waals surface area contributed by atoms with Gasteiger partial charge in [-0.25, -0.2) is 0 Å². The van der Waals surface area contributed by atoms with Gasteiger partial charge >= 0.3 is 0 Å². The van der Waals surface area contributed by atoms with E-state index >= 15 is 0 Å². The van der Waals surface area contributed by atoms with Crippen LogP contribution in [0.15, 0.2) is 18.2 Å². The van der Waals surface area contributed by atoms with Crippen molar-refractivity contribution in [2.24, 2.45) is 16.7 Å². The molecule has 1 fully saturated rings. The quantitative estimate of drug-likeness (QED) is 0.697. The topological polar surface area (TPSA) is 17.1 Å². The Labute approximate surface area is 104 Å². The zero-order valence-electron chi connectivity index (χ0n) is 11.7. The highest BCUT2D eigenvalue weighted by atomic mass is 16.1. The Hall–Kier alpha value is -1.11. The van der Waals surface area contributed by atoms with Crippen LogP contribution in [0, 0.1) is 30.6 Å². The van der Waals surface area contributed by atoms with Crippen LogP contribution in [0.25, 0.3) is 0 Å². The second-order valence-corrected chi connectivity index (χ2v) is 6.62. The first kappa shape index (κ1) is 12.3. The number of hydrogen-bond acceptors (Lipinski definition) is 1. The molecule has 1 heteroatoms. The lowest BCUT2D eigenvalue weighted by Crippen LogP contribution is -2.08. The van der Waals surface area contributed by atoms with Gasteiger partial charge in [0.05, 0.1) is 0 Å². The molecule has 1 nitrogen and oxygen atoms in total. The lowest BCUT2D eigenvalue weighted by atomic mass is 9.98. The first-order chi connectivity index (χ1) is 7.68. The molecule has 0 saturated heterocycles. The van der Waals surface area contributed by atoms with Gasteiger partial charge in [0.15, 0.2) is 5.78 Å². The van der Waals surface area contributed by atoms with E-state index in [1.165, 1.54) is 11.1 Å². The van der Waals surface area contributed by atoms with Crippen molar-refractivity contribution < 1.29 is 4.79 Å². The van der Waals surface area contributed by atoms with Crippen molar-refractivity contribution >= 4 is 5.78 Å². The van der Waals surface area contributed by atoms with Crippen LogP contribution >= 0.6 is 0 Å². The van der Waals surface area contributed by atoms with Crippen LogP contribution in [0.4, 0.5) is 0 Å². The van der Waals surface area contributed by atoms with E-state index in [9.17, 15) is 4.79 Å². The number of aryl methyl sites for hydroxylation is 2. The van der Waals surface area contributed by atoms with Crippen molar-refractivity contribution in [3.05, 3.63) is 34.9 Å². The summed E-state index contributed by atoms with van der Waals surface area (Å²) in [7, 11) is 0. The largest absolute Gasteiger partial charge is 0.294 e. The predicted molar refractivity (Wildman–Crippen MR) is 71.3 cm³/mol. The number of benzene rings is 1. The molecule has 1 aromatic rings. The summed E-state index contributed by atoms with van der Waals surface area (Å²) in [6.45, 7) is 12.9. The SMILES string of the molecule is Cc1cc(C)cc(C(=O)C2C(C)(C)C2(C)C)c1. The average Bonchev–Trinajstić information content (AvgIpc) is 2.54. The maximum Gasteiger partial charge on any atom is 0.167 e. The highest BCUT2D eigenvalue weighted by Crippen LogP contribution is 2.69. The molecule has 0 N–H and O–H groups in total. The number of carbonyl (C=O) groups excluding carboxylic acids is 1. The Balaban J connectivity index is 2.34. The summed E-state index contributed by atoms with van der Waals surface area (Å²) >= 11 is 0. The van der Waals surface area contributed by atoms with Crippen LogP contribution in [-0.4, -0.2) is 5.78 Å². The van der Waals surface area contributed by atoms with Gasteiger partial charge in [0.2, 0.25) is 0 Å². The van der Waals surface area contributed by atoms with E-state index < -0.39 is 0 Å². The fourth-order valence-electron chi connectivity index (χ4n) is 3.14. The predicted octanol–water partition coefficient (Wildman–Crippen LogP) is 4.17. The Bertz CT molecular complexity index is 446. The molecule has 0 unspecified atom stereocenters. The fraction of sp³-hybridized carbons (Fsp3) is 0.562. The van der Waals surface area contributed by atoms with Crippen LogP contribution in [0.3, 0.4) is 0 Å². The van der Waals surface area contributed by atoms with Crippen LogP contribution < -0.4 is 0 Å². The molecule has 0 heterocycles. The summed E-state index contributed by atoms with van der Waals surface area (Å²) in [5.41, 5.74) is 3.48. The van der Waals surface area contributed by atoms with Crippen molar-refractivity contribution in [2.45, 2.75) is 41.5 Å². The molecule has 0 atom stereocenters.